The molecule has 7 rings (SSSR count). The Morgan fingerprint density at radius 2 is 1.49 bits per heavy atom. The van der Waals surface area contributed by atoms with Crippen LogP contribution in [0.5, 0.6) is 5.75 Å². The zero-order chi connectivity index (χ0) is 43.6. The van der Waals surface area contributed by atoms with Gasteiger partial charge in [0.05, 0.1) is 23.9 Å². The molecule has 63 heavy (non-hydrogen) atoms. The van der Waals surface area contributed by atoms with Crippen LogP contribution in [0, 0.1) is 0 Å². The number of anilines is 1. The smallest absolute Gasteiger partial charge is 0.411 e. The Labute approximate surface area is 370 Å². The second-order valence-electron chi connectivity index (χ2n) is 16.3. The van der Waals surface area contributed by atoms with Crippen LogP contribution < -0.4 is 20.9 Å². The second-order valence-corrected chi connectivity index (χ2v) is 16.3. The molecule has 5 aromatic carbocycles. The first-order valence-electron chi connectivity index (χ1n) is 22.2. The number of aromatic amines is 1. The molecule has 1 aliphatic heterocycles. The molecule has 0 spiro atoms. The molecule has 0 saturated carbocycles. The monoisotopic (exact) mass is 849 g/mol. The number of benzene rings is 5. The van der Waals surface area contributed by atoms with Gasteiger partial charge < -0.3 is 29.8 Å². The Balaban J connectivity index is 0.803. The zero-order valence-corrected chi connectivity index (χ0v) is 35.9. The number of nitrogens with one attached hydrogen (secondary N) is 3. The van der Waals surface area contributed by atoms with Crippen LogP contribution >= 0.6 is 0 Å². The van der Waals surface area contributed by atoms with Crippen molar-refractivity contribution in [3.8, 4) is 16.9 Å². The van der Waals surface area contributed by atoms with Gasteiger partial charge in [-0.05, 0) is 72.7 Å². The number of nitrogens with zero attached hydrogens (tertiary/aromatic N) is 2. The summed E-state index contributed by atoms with van der Waals surface area (Å²) in [6.07, 6.45) is 3.30. The molecule has 1 amide bonds. The van der Waals surface area contributed by atoms with E-state index in [1.165, 1.54) is 6.07 Å². The van der Waals surface area contributed by atoms with Crippen LogP contribution in [0.2, 0.25) is 0 Å². The summed E-state index contributed by atoms with van der Waals surface area (Å²) in [5, 5.41) is 18.7. The fraction of sp³-hybridized carbons (Fsp3) is 0.327. The van der Waals surface area contributed by atoms with E-state index in [0.717, 1.165) is 104 Å². The van der Waals surface area contributed by atoms with Gasteiger partial charge in [-0.25, -0.2) is 4.79 Å². The number of carbonyl (C=O) groups is 2. The van der Waals surface area contributed by atoms with Gasteiger partial charge in [0.2, 0.25) is 5.56 Å². The first-order chi connectivity index (χ1) is 30.9. The zero-order valence-electron chi connectivity index (χ0n) is 35.9. The molecule has 11 heteroatoms. The Hall–Kier alpha value is -6.11. The van der Waals surface area contributed by atoms with Crippen LogP contribution in [0.3, 0.4) is 0 Å². The van der Waals surface area contributed by atoms with E-state index in [-0.39, 0.29) is 17.4 Å². The molecule has 0 radical (unpaired) electrons. The number of hydrogen-bond acceptors (Lipinski definition) is 9. The van der Waals surface area contributed by atoms with Crippen molar-refractivity contribution in [3.63, 3.8) is 0 Å². The lowest BCUT2D eigenvalue weighted by Gasteiger charge is -2.31. The van der Waals surface area contributed by atoms with E-state index in [2.05, 4.69) is 37.6 Å². The number of unbranched alkanes of at least 4 members (excludes halogenated alkanes) is 2. The number of aliphatic hydroxyl groups excluding tert-OH is 1. The largest absolute Gasteiger partial charge is 0.487 e. The van der Waals surface area contributed by atoms with Crippen LogP contribution in [0.25, 0.3) is 22.0 Å². The molecular formula is C52H59N5O6. The van der Waals surface area contributed by atoms with Crippen LogP contribution in [-0.4, -0.2) is 83.7 Å². The Kier molecular flexibility index (Phi) is 16.7. The molecule has 328 valence electrons. The Bertz CT molecular complexity index is 2400. The van der Waals surface area contributed by atoms with E-state index in [4.69, 9.17) is 9.47 Å². The van der Waals surface area contributed by atoms with Crippen LogP contribution in [0.15, 0.2) is 144 Å². The Morgan fingerprint density at radius 3 is 2.25 bits per heavy atom. The number of piperidine rings is 1. The molecule has 6 aromatic rings. The number of ether oxygens (including phenoxy) is 2. The van der Waals surface area contributed by atoms with Gasteiger partial charge in [-0.15, -0.1) is 0 Å². The molecule has 1 atom stereocenters. The summed E-state index contributed by atoms with van der Waals surface area (Å²) < 4.78 is 11.9. The van der Waals surface area contributed by atoms with Crippen LogP contribution in [0.4, 0.5) is 10.5 Å². The standard InChI is InChI=1S/C52H59N5O6/c58-42(35-53-30-34-56-32-28-43(29-33-56)63-52(61)54-47-23-13-12-22-44(47)41-19-9-3-10-20-41)21-11-4-14-31-57(36-39-15-5-1-6-16-39)37-48(59)45-24-26-49(51-46(45)25-27-50(60)55-51)62-38-40-17-7-2-8-18-40/h1-3,5-10,12-13,15-20,22-27,43,48,53,59H,4,11,14,21,28-38H2,(H,54,61)(H,55,60)/t48-/m0/s1. The fourth-order valence-corrected chi connectivity index (χ4v) is 8.20. The molecule has 1 saturated heterocycles. The maximum absolute atomic E-state index is 12.8. The predicted octanol–water partition coefficient (Wildman–Crippen LogP) is 8.74. The van der Waals surface area contributed by atoms with Crippen molar-refractivity contribution in [2.45, 2.75) is 63.9 Å². The number of Topliss-reactive ketones (excluding diaryl/α,β-unsaturated/α-hetero) is 1. The minimum atomic E-state index is -0.807. The molecule has 0 aliphatic carbocycles. The molecule has 0 unspecified atom stereocenters. The number of fused-ring (bicyclic) bond motifs is 1. The number of para-hydroxylation sites is 1. The molecule has 1 aliphatic rings. The number of ketones is 1. The molecule has 0 bridgehead atoms. The number of aromatic nitrogens is 1. The lowest BCUT2D eigenvalue weighted by atomic mass is 10.0. The first kappa shape index (κ1) is 44.9. The number of rotatable bonds is 22. The van der Waals surface area contributed by atoms with Crippen LogP contribution in [0.1, 0.15) is 61.3 Å². The van der Waals surface area contributed by atoms with Crippen LogP contribution in [-0.2, 0) is 22.7 Å². The normalized spacial score (nSPS) is 13.8. The van der Waals surface area contributed by atoms with E-state index in [1.807, 2.05) is 115 Å². The highest BCUT2D eigenvalue weighted by Gasteiger charge is 2.23. The lowest BCUT2D eigenvalue weighted by molar-refractivity contribution is -0.118. The summed E-state index contributed by atoms with van der Waals surface area (Å²) in [4.78, 5) is 45.5. The highest BCUT2D eigenvalue weighted by molar-refractivity contribution is 5.91. The number of hydrogen-bond donors (Lipinski definition) is 4. The van der Waals surface area contributed by atoms with Crippen molar-refractivity contribution in [3.05, 3.63) is 167 Å². The van der Waals surface area contributed by atoms with Crippen molar-refractivity contribution in [1.29, 1.82) is 0 Å². The number of H-pyrrole nitrogens is 1. The van der Waals surface area contributed by atoms with Gasteiger partial charge in [0.15, 0.2) is 0 Å². The molecule has 1 aromatic heterocycles. The van der Waals surface area contributed by atoms with Gasteiger partial charge >= 0.3 is 6.09 Å². The second kappa shape index (κ2) is 23.4. The van der Waals surface area contributed by atoms with Crippen molar-refractivity contribution in [2.24, 2.45) is 0 Å². The van der Waals surface area contributed by atoms with E-state index >= 15 is 0 Å². The number of carbonyl (C=O) groups excluding carboxylic acids is 2. The van der Waals surface area contributed by atoms with Crippen molar-refractivity contribution in [2.75, 3.05) is 51.1 Å². The van der Waals surface area contributed by atoms with Gasteiger partial charge in [-0.2, -0.15) is 0 Å². The summed E-state index contributed by atoms with van der Waals surface area (Å²) in [5.41, 5.74) is 5.95. The molecule has 11 nitrogen and oxygen atoms in total. The number of likely N-dealkylation sites (tertiary alicyclic amines) is 1. The minimum Gasteiger partial charge on any atom is -0.487 e. The molecule has 4 N–H and O–H groups in total. The van der Waals surface area contributed by atoms with Gasteiger partial charge in [-0.3, -0.25) is 19.8 Å². The molecular weight excluding hydrogens is 791 g/mol. The number of amides is 1. The van der Waals surface area contributed by atoms with Gasteiger partial charge in [-0.1, -0.05) is 122 Å². The topological polar surface area (TPSA) is 136 Å². The van der Waals surface area contributed by atoms with Crippen molar-refractivity contribution in [1.82, 2.24) is 20.1 Å². The number of pyridine rings is 1. The summed E-state index contributed by atoms with van der Waals surface area (Å²) in [7, 11) is 0. The summed E-state index contributed by atoms with van der Waals surface area (Å²) in [6.45, 7) is 5.78. The predicted molar refractivity (Wildman–Crippen MR) is 250 cm³/mol. The van der Waals surface area contributed by atoms with Gasteiger partial charge in [0.1, 0.15) is 24.2 Å². The maximum atomic E-state index is 12.8. The summed E-state index contributed by atoms with van der Waals surface area (Å²) in [5.74, 6) is 0.764. The quantitative estimate of drug-likeness (QED) is 0.0495. The van der Waals surface area contributed by atoms with E-state index in [0.29, 0.717) is 43.9 Å². The Morgan fingerprint density at radius 1 is 0.794 bits per heavy atom. The minimum absolute atomic E-state index is 0.132. The van der Waals surface area contributed by atoms with Crippen molar-refractivity contribution >= 4 is 28.5 Å². The summed E-state index contributed by atoms with van der Waals surface area (Å²) >= 11 is 0. The average Bonchev–Trinajstić information content (AvgIpc) is 3.31. The maximum Gasteiger partial charge on any atom is 0.411 e. The van der Waals surface area contributed by atoms with Gasteiger partial charge in [0, 0.05) is 62.7 Å². The third-order valence-corrected chi connectivity index (χ3v) is 11.6. The molecule has 1 fully saturated rings. The summed E-state index contributed by atoms with van der Waals surface area (Å²) in [6, 6.07) is 44.8. The highest BCUT2D eigenvalue weighted by atomic mass is 16.6. The third kappa shape index (κ3) is 13.7. The average molecular weight is 850 g/mol. The fourth-order valence-electron chi connectivity index (χ4n) is 8.20. The van der Waals surface area contributed by atoms with E-state index in [1.54, 1.807) is 6.07 Å². The SMILES string of the molecule is O=C(CCCCCN(Cc1ccccc1)C[C@H](O)c1ccc(OCc2ccccc2)c2[nH]c(=O)ccc12)CNCCN1CCC(OC(=O)Nc2ccccc2-c2ccccc2)CC1. The number of aliphatic hydroxyl groups is 1. The third-order valence-electron chi connectivity index (χ3n) is 11.6. The highest BCUT2D eigenvalue weighted by Crippen LogP contribution is 2.31. The molecule has 2 heterocycles. The first-order valence-corrected chi connectivity index (χ1v) is 22.2. The van der Waals surface area contributed by atoms with Gasteiger partial charge in [0.25, 0.3) is 0 Å². The van der Waals surface area contributed by atoms with E-state index < -0.39 is 12.2 Å². The van der Waals surface area contributed by atoms with E-state index in [9.17, 15) is 19.5 Å². The lowest BCUT2D eigenvalue weighted by Crippen LogP contribution is -2.42. The van der Waals surface area contributed by atoms with Crippen molar-refractivity contribution < 1.29 is 24.2 Å².